The second kappa shape index (κ2) is 12.7. The third-order valence-electron chi connectivity index (χ3n) is 2.97. The van der Waals surface area contributed by atoms with Gasteiger partial charge in [-0.2, -0.15) is 12.6 Å². The summed E-state index contributed by atoms with van der Waals surface area (Å²) >= 11 is 4.23. The van der Waals surface area contributed by atoms with Crippen molar-refractivity contribution in [2.45, 2.75) is 38.6 Å². The van der Waals surface area contributed by atoms with Crippen molar-refractivity contribution in [3.05, 3.63) is 0 Å². The Morgan fingerprint density at radius 2 is 1.71 bits per heavy atom. The lowest BCUT2D eigenvalue weighted by molar-refractivity contribution is 0.0740. The molecule has 0 radical (unpaired) electrons. The van der Waals surface area contributed by atoms with Crippen molar-refractivity contribution in [2.24, 2.45) is 0 Å². The Morgan fingerprint density at radius 3 is 2.29 bits per heavy atom. The first-order chi connectivity index (χ1) is 8.26. The highest BCUT2D eigenvalue weighted by atomic mass is 32.1. The Balaban J connectivity index is 3.75. The van der Waals surface area contributed by atoms with Crippen LogP contribution in [0.3, 0.4) is 0 Å². The predicted octanol–water partition coefficient (Wildman–Crippen LogP) is 2.46. The lowest BCUT2D eigenvalue weighted by Crippen LogP contribution is -2.39. The summed E-state index contributed by atoms with van der Waals surface area (Å²) in [6, 6.07) is 0.472. The maximum atomic E-state index is 5.22. The van der Waals surface area contributed by atoms with E-state index in [-0.39, 0.29) is 0 Å². The molecule has 0 amide bonds. The Kier molecular flexibility index (Phi) is 12.9. The summed E-state index contributed by atoms with van der Waals surface area (Å²) < 4.78 is 10.4. The number of hydrogen-bond acceptors (Lipinski definition) is 4. The highest BCUT2D eigenvalue weighted by Gasteiger charge is 2.12. The zero-order chi connectivity index (χ0) is 12.9. The highest BCUT2D eigenvalue weighted by molar-refractivity contribution is 7.80. The first-order valence-electron chi connectivity index (χ1n) is 6.59. The average molecular weight is 263 g/mol. The normalized spacial score (nSPS) is 13.2. The second-order valence-electron chi connectivity index (χ2n) is 4.47. The van der Waals surface area contributed by atoms with E-state index in [0.29, 0.717) is 6.04 Å². The van der Waals surface area contributed by atoms with E-state index in [1.54, 1.807) is 14.2 Å². The fourth-order valence-corrected chi connectivity index (χ4v) is 2.11. The van der Waals surface area contributed by atoms with Gasteiger partial charge in [0.05, 0.1) is 13.2 Å². The van der Waals surface area contributed by atoms with Gasteiger partial charge in [0, 0.05) is 26.8 Å². The van der Waals surface area contributed by atoms with Crippen molar-refractivity contribution in [1.82, 2.24) is 4.90 Å². The molecule has 104 valence electrons. The summed E-state index contributed by atoms with van der Waals surface area (Å²) in [5.74, 6) is 1.01. The molecule has 0 fully saturated rings. The molecule has 1 unspecified atom stereocenters. The van der Waals surface area contributed by atoms with E-state index < -0.39 is 0 Å². The number of rotatable bonds is 12. The van der Waals surface area contributed by atoms with Gasteiger partial charge in [-0.25, -0.2) is 0 Å². The zero-order valence-corrected chi connectivity index (χ0v) is 12.5. The number of methoxy groups -OCH3 is 2. The minimum Gasteiger partial charge on any atom is -0.383 e. The maximum absolute atomic E-state index is 5.22. The van der Waals surface area contributed by atoms with Crippen LogP contribution in [0.4, 0.5) is 0 Å². The minimum atomic E-state index is 0.472. The van der Waals surface area contributed by atoms with Gasteiger partial charge in [-0.05, 0) is 32.1 Å². The van der Waals surface area contributed by atoms with Crippen LogP contribution in [0.5, 0.6) is 0 Å². The molecule has 0 rings (SSSR count). The molecule has 0 saturated carbocycles. The third-order valence-corrected chi connectivity index (χ3v) is 3.28. The fourth-order valence-electron chi connectivity index (χ4n) is 1.89. The van der Waals surface area contributed by atoms with Crippen LogP contribution in [0.15, 0.2) is 0 Å². The smallest absolute Gasteiger partial charge is 0.0615 e. The molecule has 0 aromatic heterocycles. The van der Waals surface area contributed by atoms with E-state index in [1.807, 2.05) is 0 Å². The van der Waals surface area contributed by atoms with Gasteiger partial charge in [-0.15, -0.1) is 0 Å². The van der Waals surface area contributed by atoms with Crippen LogP contribution in [0.1, 0.15) is 32.6 Å². The van der Waals surface area contributed by atoms with Gasteiger partial charge in [0.1, 0.15) is 0 Å². The first kappa shape index (κ1) is 17.2. The van der Waals surface area contributed by atoms with Crippen molar-refractivity contribution >= 4 is 12.6 Å². The van der Waals surface area contributed by atoms with Crippen molar-refractivity contribution in [3.8, 4) is 0 Å². The van der Waals surface area contributed by atoms with E-state index >= 15 is 0 Å². The van der Waals surface area contributed by atoms with Crippen LogP contribution in [-0.4, -0.2) is 57.2 Å². The lowest BCUT2D eigenvalue weighted by Gasteiger charge is -2.28. The van der Waals surface area contributed by atoms with Crippen molar-refractivity contribution in [3.63, 3.8) is 0 Å². The molecule has 3 nitrogen and oxygen atoms in total. The summed E-state index contributed by atoms with van der Waals surface area (Å²) in [6.45, 7) is 5.94. The molecule has 0 aliphatic heterocycles. The quantitative estimate of drug-likeness (QED) is 0.432. The highest BCUT2D eigenvalue weighted by Crippen LogP contribution is 2.06. The molecule has 0 saturated heterocycles. The van der Waals surface area contributed by atoms with E-state index in [9.17, 15) is 0 Å². The largest absolute Gasteiger partial charge is 0.383 e. The van der Waals surface area contributed by atoms with E-state index in [0.717, 1.165) is 32.1 Å². The standard InChI is InChI=1S/C13H29NO2S/c1-13(12-16-3)14(9-10-15-2)8-6-4-5-7-11-17/h13,17H,4-12H2,1-3H3. The van der Waals surface area contributed by atoms with Crippen LogP contribution in [0.2, 0.25) is 0 Å². The van der Waals surface area contributed by atoms with Gasteiger partial charge in [0.2, 0.25) is 0 Å². The summed E-state index contributed by atoms with van der Waals surface area (Å²) in [5.41, 5.74) is 0. The lowest BCUT2D eigenvalue weighted by atomic mass is 10.2. The molecule has 1 atom stereocenters. The molecular weight excluding hydrogens is 234 g/mol. The number of hydrogen-bond donors (Lipinski definition) is 1. The fraction of sp³-hybridized carbons (Fsp3) is 1.00. The van der Waals surface area contributed by atoms with E-state index in [4.69, 9.17) is 9.47 Å². The molecular formula is C13H29NO2S. The topological polar surface area (TPSA) is 21.7 Å². The van der Waals surface area contributed by atoms with E-state index in [1.165, 1.54) is 25.7 Å². The molecule has 0 spiro atoms. The van der Waals surface area contributed by atoms with Gasteiger partial charge in [-0.3, -0.25) is 4.90 Å². The number of nitrogens with zero attached hydrogens (tertiary/aromatic N) is 1. The molecule has 0 N–H and O–H groups in total. The average Bonchev–Trinajstić information content (AvgIpc) is 2.33. The van der Waals surface area contributed by atoms with Crippen molar-refractivity contribution < 1.29 is 9.47 Å². The van der Waals surface area contributed by atoms with Gasteiger partial charge in [0.25, 0.3) is 0 Å². The monoisotopic (exact) mass is 263 g/mol. The van der Waals surface area contributed by atoms with Crippen LogP contribution in [0.25, 0.3) is 0 Å². The van der Waals surface area contributed by atoms with Gasteiger partial charge in [0.15, 0.2) is 0 Å². The van der Waals surface area contributed by atoms with Gasteiger partial charge in [-0.1, -0.05) is 12.8 Å². The number of ether oxygens (including phenoxy) is 2. The van der Waals surface area contributed by atoms with Gasteiger partial charge < -0.3 is 9.47 Å². The molecule has 4 heteroatoms. The molecule has 17 heavy (non-hydrogen) atoms. The Morgan fingerprint density at radius 1 is 1.00 bits per heavy atom. The van der Waals surface area contributed by atoms with Crippen molar-refractivity contribution in [1.29, 1.82) is 0 Å². The Labute approximate surface area is 112 Å². The second-order valence-corrected chi connectivity index (χ2v) is 4.92. The first-order valence-corrected chi connectivity index (χ1v) is 7.22. The van der Waals surface area contributed by atoms with Gasteiger partial charge >= 0.3 is 0 Å². The number of unbranched alkanes of at least 4 members (excludes halogenated alkanes) is 3. The molecule has 0 aliphatic carbocycles. The Bertz CT molecular complexity index is 158. The molecule has 0 aliphatic rings. The minimum absolute atomic E-state index is 0.472. The SMILES string of the molecule is COCCN(CCCCCCS)C(C)COC. The number of thiol groups is 1. The van der Waals surface area contributed by atoms with Crippen LogP contribution in [0, 0.1) is 0 Å². The molecule has 0 bridgehead atoms. The molecule has 0 aromatic rings. The summed E-state index contributed by atoms with van der Waals surface area (Å²) in [7, 11) is 3.52. The summed E-state index contributed by atoms with van der Waals surface area (Å²) in [5, 5.41) is 0. The van der Waals surface area contributed by atoms with Crippen LogP contribution < -0.4 is 0 Å². The van der Waals surface area contributed by atoms with Crippen LogP contribution >= 0.6 is 12.6 Å². The molecule has 0 aromatic carbocycles. The van der Waals surface area contributed by atoms with E-state index in [2.05, 4.69) is 24.5 Å². The van der Waals surface area contributed by atoms with Crippen molar-refractivity contribution in [2.75, 3.05) is 46.3 Å². The van der Waals surface area contributed by atoms with Crippen LogP contribution in [-0.2, 0) is 9.47 Å². The Hall–Kier alpha value is 0.230. The zero-order valence-electron chi connectivity index (χ0n) is 11.7. The third kappa shape index (κ3) is 9.89. The molecule has 0 heterocycles. The summed E-state index contributed by atoms with van der Waals surface area (Å²) in [4.78, 5) is 2.45. The predicted molar refractivity (Wildman–Crippen MR) is 77.1 cm³/mol. The summed E-state index contributed by atoms with van der Waals surface area (Å²) in [6.07, 6.45) is 5.07. The maximum Gasteiger partial charge on any atom is 0.0615 e.